The second-order valence-electron chi connectivity index (χ2n) is 7.65. The van der Waals surface area contributed by atoms with Crippen LogP contribution in [0.25, 0.3) is 0 Å². The van der Waals surface area contributed by atoms with E-state index in [1.807, 2.05) is 6.92 Å². The maximum atomic E-state index is 13.4. The van der Waals surface area contributed by atoms with E-state index in [9.17, 15) is 22.8 Å². The van der Waals surface area contributed by atoms with Gasteiger partial charge in [-0.3, -0.25) is 4.79 Å². The average molecular weight is 450 g/mol. The smallest absolute Gasteiger partial charge is 0.411 e. The maximum absolute atomic E-state index is 13.4. The van der Waals surface area contributed by atoms with E-state index in [4.69, 9.17) is 10.5 Å². The molecule has 32 heavy (non-hydrogen) atoms. The molecule has 172 valence electrons. The summed E-state index contributed by atoms with van der Waals surface area (Å²) < 4.78 is 48.5. The zero-order chi connectivity index (χ0) is 23.3. The zero-order valence-corrected chi connectivity index (χ0v) is 17.6. The highest BCUT2D eigenvalue weighted by atomic mass is 19.3. The summed E-state index contributed by atoms with van der Waals surface area (Å²) in [4.78, 5) is 26.0. The fourth-order valence-electron chi connectivity index (χ4n) is 4.06. The molecule has 1 fully saturated rings. The van der Waals surface area contributed by atoms with E-state index in [-0.39, 0.29) is 24.6 Å². The van der Waals surface area contributed by atoms with E-state index in [0.717, 1.165) is 5.56 Å². The van der Waals surface area contributed by atoms with E-state index in [1.54, 1.807) is 17.0 Å². The summed E-state index contributed by atoms with van der Waals surface area (Å²) in [6.45, 7) is -0.695. The molecular weight excluding hydrogens is 425 g/mol. The van der Waals surface area contributed by atoms with Gasteiger partial charge in [0.1, 0.15) is 17.2 Å². The minimum Gasteiger partial charge on any atom is -0.438 e. The van der Waals surface area contributed by atoms with Crippen LogP contribution in [0.4, 0.5) is 18.0 Å². The molecule has 0 bridgehead atoms. The lowest BCUT2D eigenvalue weighted by atomic mass is 9.84. The van der Waals surface area contributed by atoms with Gasteiger partial charge in [-0.05, 0) is 41.8 Å². The average Bonchev–Trinajstić information content (AvgIpc) is 2.75. The number of benzene rings is 2. The van der Waals surface area contributed by atoms with Crippen LogP contribution in [0.2, 0.25) is 0 Å². The summed E-state index contributed by atoms with van der Waals surface area (Å²) in [5.41, 5.74) is 5.56. The summed E-state index contributed by atoms with van der Waals surface area (Å²) in [7, 11) is 0. The van der Waals surface area contributed by atoms with Gasteiger partial charge in [0.05, 0.1) is 6.04 Å². The van der Waals surface area contributed by atoms with Crippen molar-refractivity contribution in [1.82, 2.24) is 4.90 Å². The number of halogens is 3. The Bertz CT molecular complexity index is 937. The number of carbonyl (C=O) groups is 2. The second kappa shape index (κ2) is 9.93. The van der Waals surface area contributed by atoms with Crippen LogP contribution < -0.4 is 10.5 Å². The molecule has 1 aliphatic rings. The Hall–Kier alpha value is -3.23. The van der Waals surface area contributed by atoms with Crippen molar-refractivity contribution in [1.29, 1.82) is 0 Å². The zero-order valence-electron chi connectivity index (χ0n) is 17.6. The molecular formula is C23H25F3N2O4. The van der Waals surface area contributed by atoms with Crippen LogP contribution in [-0.2, 0) is 15.1 Å². The molecule has 2 amide bonds. The number of primary amides is 1. The second-order valence-corrected chi connectivity index (χ2v) is 7.65. The molecule has 0 spiro atoms. The Balaban J connectivity index is 1.82. The summed E-state index contributed by atoms with van der Waals surface area (Å²) in [6, 6.07) is 11.4. The monoisotopic (exact) mass is 450 g/mol. The molecule has 0 unspecified atom stereocenters. The van der Waals surface area contributed by atoms with E-state index in [2.05, 4.69) is 4.74 Å². The molecule has 0 aliphatic carbocycles. The van der Waals surface area contributed by atoms with Gasteiger partial charge >= 0.3 is 12.7 Å². The number of hydrogen-bond donors (Lipinski definition) is 1. The standard InChI is InChI=1S/C23H25F3N2O4/c1-2-19(15-3-9-18(10-4-15)31-21(25)26)28-14-13-23(32-22(28)30,12-11-20(27)29)16-5-7-17(24)8-6-16/h3-10,19,21H,2,11-14H2,1H3,(H2,27,29)/t19-,23+/m0/s1. The van der Waals surface area contributed by atoms with Gasteiger partial charge in [0, 0.05) is 25.8 Å². The van der Waals surface area contributed by atoms with Crippen molar-refractivity contribution in [3.05, 3.63) is 65.5 Å². The SMILES string of the molecule is CC[C@@H](c1ccc(OC(F)F)cc1)N1CC[C@](CCC(N)=O)(c2ccc(F)cc2)OC1=O. The molecule has 0 radical (unpaired) electrons. The van der Waals surface area contributed by atoms with E-state index in [0.29, 0.717) is 24.9 Å². The fraction of sp³-hybridized carbons (Fsp3) is 0.391. The Morgan fingerprint density at radius 1 is 1.19 bits per heavy atom. The highest BCUT2D eigenvalue weighted by molar-refractivity contribution is 5.74. The molecule has 0 saturated carbocycles. The van der Waals surface area contributed by atoms with Crippen LogP contribution in [0.5, 0.6) is 5.75 Å². The Kier molecular flexibility index (Phi) is 7.27. The number of hydrogen-bond acceptors (Lipinski definition) is 4. The number of carbonyl (C=O) groups excluding carboxylic acids is 2. The normalized spacial score (nSPS) is 19.5. The highest BCUT2D eigenvalue weighted by Gasteiger charge is 2.44. The highest BCUT2D eigenvalue weighted by Crippen LogP contribution is 2.41. The quantitative estimate of drug-likeness (QED) is 0.590. The van der Waals surface area contributed by atoms with Gasteiger partial charge < -0.3 is 20.1 Å². The molecule has 2 N–H and O–H groups in total. The number of nitrogens with zero attached hydrogens (tertiary/aromatic N) is 1. The molecule has 6 nitrogen and oxygen atoms in total. The summed E-state index contributed by atoms with van der Waals surface area (Å²) >= 11 is 0. The number of alkyl halides is 2. The number of ether oxygens (including phenoxy) is 2. The molecule has 1 aliphatic heterocycles. The molecule has 2 aromatic rings. The minimum absolute atomic E-state index is 0.00740. The molecule has 1 saturated heterocycles. The predicted molar refractivity (Wildman–Crippen MR) is 110 cm³/mol. The van der Waals surface area contributed by atoms with Gasteiger partial charge in [0.15, 0.2) is 0 Å². The Morgan fingerprint density at radius 3 is 2.38 bits per heavy atom. The maximum Gasteiger partial charge on any atom is 0.411 e. The first-order chi connectivity index (χ1) is 15.2. The number of cyclic esters (lactones) is 1. The van der Waals surface area contributed by atoms with Gasteiger partial charge in [0.25, 0.3) is 0 Å². The van der Waals surface area contributed by atoms with Gasteiger partial charge in [0.2, 0.25) is 5.91 Å². The number of rotatable bonds is 9. The summed E-state index contributed by atoms with van der Waals surface area (Å²) in [6.07, 6.45) is 0.553. The third-order valence-corrected chi connectivity index (χ3v) is 5.67. The first kappa shape index (κ1) is 23.4. The van der Waals surface area contributed by atoms with E-state index < -0.39 is 30.0 Å². The van der Waals surface area contributed by atoms with E-state index in [1.165, 1.54) is 36.4 Å². The van der Waals surface area contributed by atoms with Gasteiger partial charge in [-0.1, -0.05) is 31.2 Å². The molecule has 2 aromatic carbocycles. The van der Waals surface area contributed by atoms with Crippen LogP contribution in [0, 0.1) is 5.82 Å². The van der Waals surface area contributed by atoms with Crippen molar-refractivity contribution >= 4 is 12.0 Å². The van der Waals surface area contributed by atoms with Crippen molar-refractivity contribution in [2.75, 3.05) is 6.54 Å². The third-order valence-electron chi connectivity index (χ3n) is 5.67. The van der Waals surface area contributed by atoms with Crippen molar-refractivity contribution in [2.45, 2.75) is 50.9 Å². The lowest BCUT2D eigenvalue weighted by Gasteiger charge is -2.44. The fourth-order valence-corrected chi connectivity index (χ4v) is 4.06. The van der Waals surface area contributed by atoms with Gasteiger partial charge in [-0.15, -0.1) is 0 Å². The molecule has 9 heteroatoms. The molecule has 0 aromatic heterocycles. The lowest BCUT2D eigenvalue weighted by Crippen LogP contribution is -2.49. The summed E-state index contributed by atoms with van der Waals surface area (Å²) in [5.74, 6) is -0.919. The third kappa shape index (κ3) is 5.33. The Morgan fingerprint density at radius 2 is 1.84 bits per heavy atom. The Labute approximate surface area is 184 Å². The van der Waals surface area contributed by atoms with Gasteiger partial charge in [-0.25, -0.2) is 9.18 Å². The van der Waals surface area contributed by atoms with Crippen LogP contribution in [0.1, 0.15) is 49.8 Å². The summed E-state index contributed by atoms with van der Waals surface area (Å²) in [5, 5.41) is 0. The van der Waals surface area contributed by atoms with Crippen LogP contribution in [0.15, 0.2) is 48.5 Å². The first-order valence-corrected chi connectivity index (χ1v) is 10.3. The molecule has 1 heterocycles. The lowest BCUT2D eigenvalue weighted by molar-refractivity contribution is -0.121. The van der Waals surface area contributed by atoms with Crippen molar-refractivity contribution in [3.8, 4) is 5.75 Å². The van der Waals surface area contributed by atoms with Crippen LogP contribution >= 0.6 is 0 Å². The largest absolute Gasteiger partial charge is 0.438 e. The van der Waals surface area contributed by atoms with Crippen molar-refractivity contribution < 1.29 is 32.2 Å². The molecule has 3 rings (SSSR count). The number of amides is 2. The number of nitrogens with two attached hydrogens (primary N) is 1. The first-order valence-electron chi connectivity index (χ1n) is 10.3. The topological polar surface area (TPSA) is 81.9 Å². The predicted octanol–water partition coefficient (Wildman–Crippen LogP) is 4.88. The van der Waals surface area contributed by atoms with Crippen molar-refractivity contribution in [2.24, 2.45) is 5.73 Å². The van der Waals surface area contributed by atoms with E-state index >= 15 is 0 Å². The van der Waals surface area contributed by atoms with Gasteiger partial charge in [-0.2, -0.15) is 8.78 Å². The van der Waals surface area contributed by atoms with Crippen molar-refractivity contribution in [3.63, 3.8) is 0 Å². The van der Waals surface area contributed by atoms with Crippen LogP contribution in [-0.4, -0.2) is 30.1 Å². The minimum atomic E-state index is -2.92. The molecule has 2 atom stereocenters. The van der Waals surface area contributed by atoms with Crippen LogP contribution in [0.3, 0.4) is 0 Å².